The Bertz CT molecular complexity index is 776. The van der Waals surface area contributed by atoms with Crippen molar-refractivity contribution in [1.82, 2.24) is 10.2 Å². The molecular weight excluding hydrogens is 303 g/mol. The second-order valence-corrected chi connectivity index (χ2v) is 5.57. The van der Waals surface area contributed by atoms with Crippen LogP contribution in [-0.2, 0) is 11.2 Å². The normalized spacial score (nSPS) is 11.1. The first-order valence-corrected chi connectivity index (χ1v) is 7.36. The highest BCUT2D eigenvalue weighted by Gasteiger charge is 2.13. The highest BCUT2D eigenvalue weighted by molar-refractivity contribution is 7.15. The molecule has 0 spiro atoms. The van der Waals surface area contributed by atoms with Gasteiger partial charge in [0.2, 0.25) is 5.13 Å². The van der Waals surface area contributed by atoms with Crippen molar-refractivity contribution in [2.24, 2.45) is 0 Å². The van der Waals surface area contributed by atoms with E-state index in [1.165, 1.54) is 23.5 Å². The van der Waals surface area contributed by atoms with Gasteiger partial charge in [0.1, 0.15) is 22.5 Å². The van der Waals surface area contributed by atoms with Gasteiger partial charge in [-0.2, -0.15) is 5.26 Å². The van der Waals surface area contributed by atoms with Gasteiger partial charge in [-0.1, -0.05) is 29.9 Å². The van der Waals surface area contributed by atoms with E-state index in [1.807, 2.05) is 6.92 Å². The Balaban J connectivity index is 2.23. The molecule has 0 saturated carbocycles. The molecule has 0 radical (unpaired) electrons. The van der Waals surface area contributed by atoms with Crippen molar-refractivity contribution in [1.29, 1.82) is 5.26 Å². The van der Waals surface area contributed by atoms with E-state index in [9.17, 15) is 9.18 Å². The molecule has 2 rings (SSSR count). The largest absolute Gasteiger partial charge is 0.296 e. The fourth-order valence-corrected chi connectivity index (χ4v) is 2.36. The molecule has 1 aromatic carbocycles. The lowest BCUT2D eigenvalue weighted by atomic mass is 10.1. The third-order valence-electron chi connectivity index (χ3n) is 2.81. The molecule has 0 unspecified atom stereocenters. The lowest BCUT2D eigenvalue weighted by Crippen LogP contribution is -2.13. The van der Waals surface area contributed by atoms with Gasteiger partial charge in [0.05, 0.1) is 0 Å². The summed E-state index contributed by atoms with van der Waals surface area (Å²) < 4.78 is 13.7. The molecular formula is C15H13FN4OS. The Morgan fingerprint density at radius 1 is 1.50 bits per heavy atom. The molecule has 1 amide bonds. The summed E-state index contributed by atoms with van der Waals surface area (Å²) in [6.45, 7) is 3.73. The van der Waals surface area contributed by atoms with Gasteiger partial charge in [0.25, 0.3) is 5.91 Å². The van der Waals surface area contributed by atoms with Gasteiger partial charge in [0.15, 0.2) is 0 Å². The van der Waals surface area contributed by atoms with Crippen molar-refractivity contribution in [3.8, 4) is 6.07 Å². The molecule has 112 valence electrons. The maximum atomic E-state index is 13.7. The maximum Gasteiger partial charge on any atom is 0.268 e. The topological polar surface area (TPSA) is 78.7 Å². The van der Waals surface area contributed by atoms with Crippen LogP contribution >= 0.6 is 11.3 Å². The summed E-state index contributed by atoms with van der Waals surface area (Å²) in [5.74, 6) is -1.13. The molecule has 0 aliphatic rings. The van der Waals surface area contributed by atoms with E-state index in [0.29, 0.717) is 11.6 Å². The summed E-state index contributed by atoms with van der Waals surface area (Å²) in [5, 5.41) is 20.4. The van der Waals surface area contributed by atoms with E-state index in [4.69, 9.17) is 5.26 Å². The van der Waals surface area contributed by atoms with Crippen molar-refractivity contribution in [3.05, 3.63) is 45.7 Å². The van der Waals surface area contributed by atoms with Gasteiger partial charge in [-0.25, -0.2) is 4.39 Å². The third-order valence-corrected chi connectivity index (χ3v) is 3.79. The predicted octanol–water partition coefficient (Wildman–Crippen LogP) is 3.09. The number of nitrogens with zero attached hydrogens (tertiary/aromatic N) is 3. The molecule has 0 saturated heterocycles. The number of aryl methyl sites for hydroxylation is 2. The number of rotatable bonds is 4. The summed E-state index contributed by atoms with van der Waals surface area (Å²) in [7, 11) is 0. The fourth-order valence-electron chi connectivity index (χ4n) is 1.69. The Kier molecular flexibility index (Phi) is 4.96. The minimum Gasteiger partial charge on any atom is -0.296 e. The van der Waals surface area contributed by atoms with Crippen LogP contribution in [-0.4, -0.2) is 16.1 Å². The van der Waals surface area contributed by atoms with Crippen LogP contribution < -0.4 is 5.32 Å². The van der Waals surface area contributed by atoms with E-state index in [0.717, 1.165) is 10.6 Å². The fraction of sp³-hybridized carbons (Fsp3) is 0.200. The minimum absolute atomic E-state index is 0.193. The van der Waals surface area contributed by atoms with Crippen LogP contribution in [0.15, 0.2) is 23.8 Å². The van der Waals surface area contributed by atoms with Gasteiger partial charge in [-0.05, 0) is 31.6 Å². The molecule has 22 heavy (non-hydrogen) atoms. The summed E-state index contributed by atoms with van der Waals surface area (Å²) >= 11 is 1.24. The van der Waals surface area contributed by atoms with Crippen LogP contribution in [0, 0.1) is 24.1 Å². The zero-order valence-electron chi connectivity index (χ0n) is 12.1. The standard InChI is InChI=1S/C15H13FN4OS/c1-3-13-19-20-15(22-13)18-14(21)11(8-17)7-10-6-9(2)4-5-12(10)16/h4-7H,3H2,1-2H3,(H,18,20,21)/b11-7+. The zero-order chi connectivity index (χ0) is 16.1. The molecule has 1 aromatic heterocycles. The average Bonchev–Trinajstić information content (AvgIpc) is 2.95. The third kappa shape index (κ3) is 3.74. The quantitative estimate of drug-likeness (QED) is 0.694. The number of nitrogens with one attached hydrogen (secondary N) is 1. The number of hydrogen-bond acceptors (Lipinski definition) is 5. The Labute approximate surface area is 131 Å². The number of aromatic nitrogens is 2. The van der Waals surface area contributed by atoms with Crippen LogP contribution in [0.25, 0.3) is 6.08 Å². The van der Waals surface area contributed by atoms with E-state index >= 15 is 0 Å². The Morgan fingerprint density at radius 3 is 2.91 bits per heavy atom. The number of hydrogen-bond donors (Lipinski definition) is 1. The zero-order valence-corrected chi connectivity index (χ0v) is 12.9. The molecule has 0 aliphatic heterocycles. The number of halogens is 1. The van der Waals surface area contributed by atoms with Gasteiger partial charge < -0.3 is 0 Å². The lowest BCUT2D eigenvalue weighted by molar-refractivity contribution is -0.112. The van der Waals surface area contributed by atoms with Crippen LogP contribution in [0.1, 0.15) is 23.1 Å². The van der Waals surface area contributed by atoms with Crippen molar-refractivity contribution in [2.45, 2.75) is 20.3 Å². The van der Waals surface area contributed by atoms with Crippen molar-refractivity contribution in [2.75, 3.05) is 5.32 Å². The molecule has 0 fully saturated rings. The Morgan fingerprint density at radius 2 is 2.27 bits per heavy atom. The lowest BCUT2D eigenvalue weighted by Gasteiger charge is -2.02. The average molecular weight is 316 g/mol. The maximum absolute atomic E-state index is 13.7. The first kappa shape index (κ1) is 15.8. The number of anilines is 1. The summed E-state index contributed by atoms with van der Waals surface area (Å²) in [5.41, 5.74) is 0.831. The smallest absolute Gasteiger partial charge is 0.268 e. The molecule has 5 nitrogen and oxygen atoms in total. The number of nitriles is 1. The first-order chi connectivity index (χ1) is 10.5. The van der Waals surface area contributed by atoms with Crippen molar-refractivity contribution >= 4 is 28.5 Å². The summed E-state index contributed by atoms with van der Waals surface area (Å²) in [6, 6.07) is 6.26. The van der Waals surface area contributed by atoms with E-state index in [1.54, 1.807) is 25.1 Å². The first-order valence-electron chi connectivity index (χ1n) is 6.55. The molecule has 0 aliphatic carbocycles. The van der Waals surface area contributed by atoms with E-state index < -0.39 is 11.7 Å². The second-order valence-electron chi connectivity index (χ2n) is 4.50. The van der Waals surface area contributed by atoms with Gasteiger partial charge in [-0.15, -0.1) is 10.2 Å². The van der Waals surface area contributed by atoms with Gasteiger partial charge >= 0.3 is 0 Å². The number of carbonyl (C=O) groups is 1. The number of carbonyl (C=O) groups excluding carboxylic acids is 1. The van der Waals surface area contributed by atoms with Crippen molar-refractivity contribution in [3.63, 3.8) is 0 Å². The molecule has 1 heterocycles. The summed E-state index contributed by atoms with van der Waals surface area (Å²) in [4.78, 5) is 12.1. The number of amides is 1. The van der Waals surface area contributed by atoms with Crippen LogP contribution in [0.2, 0.25) is 0 Å². The second kappa shape index (κ2) is 6.91. The van der Waals surface area contributed by atoms with E-state index in [2.05, 4.69) is 15.5 Å². The highest BCUT2D eigenvalue weighted by atomic mass is 32.1. The van der Waals surface area contributed by atoms with Crippen LogP contribution in [0.4, 0.5) is 9.52 Å². The molecule has 2 aromatic rings. The van der Waals surface area contributed by atoms with Crippen molar-refractivity contribution < 1.29 is 9.18 Å². The monoisotopic (exact) mass is 316 g/mol. The van der Waals surface area contributed by atoms with Gasteiger partial charge in [-0.3, -0.25) is 10.1 Å². The highest BCUT2D eigenvalue weighted by Crippen LogP contribution is 2.18. The minimum atomic E-state index is -0.637. The summed E-state index contributed by atoms with van der Waals surface area (Å²) in [6.07, 6.45) is 1.93. The van der Waals surface area contributed by atoms with E-state index in [-0.39, 0.29) is 11.1 Å². The molecule has 1 N–H and O–H groups in total. The van der Waals surface area contributed by atoms with Crippen LogP contribution in [0.5, 0.6) is 0 Å². The Hall–Kier alpha value is -2.59. The van der Waals surface area contributed by atoms with Gasteiger partial charge in [0, 0.05) is 5.56 Å². The molecule has 0 atom stereocenters. The number of benzene rings is 1. The molecule has 7 heteroatoms. The predicted molar refractivity (Wildman–Crippen MR) is 82.6 cm³/mol. The SMILES string of the molecule is CCc1nnc(NC(=O)/C(C#N)=C/c2cc(C)ccc2F)s1. The van der Waals surface area contributed by atoms with Crippen LogP contribution in [0.3, 0.4) is 0 Å². The molecule has 0 bridgehead atoms.